The van der Waals surface area contributed by atoms with E-state index in [0.717, 1.165) is 0 Å². The summed E-state index contributed by atoms with van der Waals surface area (Å²) >= 11 is 1.40. The zero-order valence-electron chi connectivity index (χ0n) is 10.5. The number of benzene rings is 1. The highest BCUT2D eigenvalue weighted by atomic mass is 32.1. The molecule has 20 heavy (non-hydrogen) atoms. The Labute approximate surface area is 120 Å². The summed E-state index contributed by atoms with van der Waals surface area (Å²) < 4.78 is 13.8. The molecule has 0 saturated heterocycles. The summed E-state index contributed by atoms with van der Waals surface area (Å²) in [4.78, 5) is 11.8. The molecule has 2 N–H and O–H groups in total. The van der Waals surface area contributed by atoms with Gasteiger partial charge < -0.3 is 10.4 Å². The monoisotopic (exact) mass is 289 g/mol. The van der Waals surface area contributed by atoms with Gasteiger partial charge in [-0.15, -0.1) is 0 Å². The number of halogens is 1. The van der Waals surface area contributed by atoms with Gasteiger partial charge in [0.1, 0.15) is 5.82 Å². The van der Waals surface area contributed by atoms with Gasteiger partial charge in [0.05, 0.1) is 17.9 Å². The number of rotatable bonds is 3. The van der Waals surface area contributed by atoms with Crippen LogP contribution in [0.5, 0.6) is 0 Å². The van der Waals surface area contributed by atoms with Gasteiger partial charge in [0.25, 0.3) is 5.91 Å². The number of hydrogen-bond donors (Lipinski definition) is 2. The van der Waals surface area contributed by atoms with E-state index in [9.17, 15) is 9.18 Å². The van der Waals surface area contributed by atoms with Gasteiger partial charge in [-0.1, -0.05) is 11.8 Å². The lowest BCUT2D eigenvalue weighted by Gasteiger charge is -2.05. The Morgan fingerprint density at radius 1 is 1.40 bits per heavy atom. The molecule has 0 spiro atoms. The molecule has 1 heterocycles. The van der Waals surface area contributed by atoms with Gasteiger partial charge in [0, 0.05) is 17.4 Å². The maximum Gasteiger partial charge on any atom is 0.256 e. The fraction of sp³-hybridized carbons (Fsp3) is 0.133. The van der Waals surface area contributed by atoms with E-state index in [1.54, 1.807) is 22.9 Å². The third-order valence-electron chi connectivity index (χ3n) is 2.47. The molecule has 102 valence electrons. The van der Waals surface area contributed by atoms with Gasteiger partial charge in [-0.05, 0) is 29.6 Å². The molecule has 0 fully saturated rings. The number of nitrogens with one attached hydrogen (secondary N) is 1. The first-order chi connectivity index (χ1) is 9.70. The van der Waals surface area contributed by atoms with Crippen LogP contribution in [0.4, 0.5) is 10.1 Å². The SMILES string of the molecule is O=C(Nc1ccc(C#CCCO)cc1F)c1ccsc1. The normalized spacial score (nSPS) is 9.70. The van der Waals surface area contributed by atoms with E-state index in [2.05, 4.69) is 17.2 Å². The van der Waals surface area contributed by atoms with Crippen LogP contribution < -0.4 is 5.32 Å². The zero-order valence-corrected chi connectivity index (χ0v) is 11.3. The maximum absolute atomic E-state index is 13.8. The Bertz CT molecular complexity index is 656. The van der Waals surface area contributed by atoms with Gasteiger partial charge in [0.2, 0.25) is 0 Å². The van der Waals surface area contributed by atoms with Gasteiger partial charge >= 0.3 is 0 Å². The quantitative estimate of drug-likeness (QED) is 0.854. The van der Waals surface area contributed by atoms with E-state index in [-0.39, 0.29) is 18.2 Å². The number of aliphatic hydroxyl groups excluding tert-OH is 1. The van der Waals surface area contributed by atoms with Crippen LogP contribution in [0.2, 0.25) is 0 Å². The number of amides is 1. The summed E-state index contributed by atoms with van der Waals surface area (Å²) in [6.45, 7) is -0.0235. The second-order valence-corrected chi connectivity index (χ2v) is 4.72. The second-order valence-electron chi connectivity index (χ2n) is 3.94. The van der Waals surface area contributed by atoms with Crippen LogP contribution in [0.3, 0.4) is 0 Å². The summed E-state index contributed by atoms with van der Waals surface area (Å²) in [5, 5.41) is 14.6. The highest BCUT2D eigenvalue weighted by Gasteiger charge is 2.09. The number of aliphatic hydroxyl groups is 1. The molecule has 3 nitrogen and oxygen atoms in total. The van der Waals surface area contributed by atoms with E-state index in [0.29, 0.717) is 17.5 Å². The lowest BCUT2D eigenvalue weighted by Crippen LogP contribution is -2.12. The summed E-state index contributed by atoms with van der Waals surface area (Å²) in [5.41, 5.74) is 1.12. The van der Waals surface area contributed by atoms with Crippen molar-refractivity contribution in [3.05, 3.63) is 52.0 Å². The lowest BCUT2D eigenvalue weighted by molar-refractivity contribution is 0.102. The molecule has 2 aromatic rings. The molecule has 0 saturated carbocycles. The van der Waals surface area contributed by atoms with Crippen LogP contribution in [0.25, 0.3) is 0 Å². The molecule has 0 atom stereocenters. The van der Waals surface area contributed by atoms with Gasteiger partial charge in [-0.2, -0.15) is 11.3 Å². The molecule has 5 heteroatoms. The van der Waals surface area contributed by atoms with Crippen molar-refractivity contribution in [3.8, 4) is 11.8 Å². The molecule has 0 aliphatic rings. The van der Waals surface area contributed by atoms with Crippen molar-refractivity contribution < 1.29 is 14.3 Å². The third kappa shape index (κ3) is 3.67. The summed E-state index contributed by atoms with van der Waals surface area (Å²) in [5.74, 6) is 4.56. The maximum atomic E-state index is 13.8. The Morgan fingerprint density at radius 3 is 2.90 bits per heavy atom. The van der Waals surface area contributed by atoms with Gasteiger partial charge in [0.15, 0.2) is 0 Å². The molecular formula is C15H12FNO2S. The summed E-state index contributed by atoms with van der Waals surface area (Å²) in [6, 6.07) is 6.03. The predicted molar refractivity (Wildman–Crippen MR) is 77.3 cm³/mol. The molecule has 0 aliphatic carbocycles. The first kappa shape index (κ1) is 14.3. The third-order valence-corrected chi connectivity index (χ3v) is 3.15. The van der Waals surface area contributed by atoms with Crippen molar-refractivity contribution in [1.82, 2.24) is 0 Å². The average Bonchev–Trinajstić information content (AvgIpc) is 2.96. The number of anilines is 1. The fourth-order valence-corrected chi connectivity index (χ4v) is 2.14. The average molecular weight is 289 g/mol. The molecule has 0 aliphatic heterocycles. The highest BCUT2D eigenvalue weighted by molar-refractivity contribution is 7.08. The lowest BCUT2D eigenvalue weighted by atomic mass is 10.2. The van der Waals surface area contributed by atoms with E-state index >= 15 is 0 Å². The van der Waals surface area contributed by atoms with Gasteiger partial charge in [-0.3, -0.25) is 4.79 Å². The molecular weight excluding hydrogens is 277 g/mol. The topological polar surface area (TPSA) is 49.3 Å². The van der Waals surface area contributed by atoms with Crippen LogP contribution in [-0.2, 0) is 0 Å². The van der Waals surface area contributed by atoms with Crippen LogP contribution in [-0.4, -0.2) is 17.6 Å². The predicted octanol–water partition coefficient (Wildman–Crippen LogP) is 2.87. The van der Waals surface area contributed by atoms with Crippen LogP contribution >= 0.6 is 11.3 Å². The van der Waals surface area contributed by atoms with Crippen molar-refractivity contribution in [3.63, 3.8) is 0 Å². The first-order valence-electron chi connectivity index (χ1n) is 5.93. The Morgan fingerprint density at radius 2 is 2.25 bits per heavy atom. The van der Waals surface area contributed by atoms with Crippen molar-refractivity contribution in [2.75, 3.05) is 11.9 Å². The van der Waals surface area contributed by atoms with Gasteiger partial charge in [-0.25, -0.2) is 4.39 Å². The summed E-state index contributed by atoms with van der Waals surface area (Å²) in [6.07, 6.45) is 0.345. The van der Waals surface area contributed by atoms with Crippen molar-refractivity contribution in [2.45, 2.75) is 6.42 Å². The van der Waals surface area contributed by atoms with Crippen LogP contribution in [0.1, 0.15) is 22.3 Å². The standard InChI is InChI=1S/C15H12FNO2S/c16-13-9-11(3-1-2-7-18)4-5-14(13)17-15(19)12-6-8-20-10-12/h4-6,8-10,18H,2,7H2,(H,17,19). The molecule has 1 amide bonds. The minimum Gasteiger partial charge on any atom is -0.395 e. The Hall–Kier alpha value is -2.16. The molecule has 0 bridgehead atoms. The number of carbonyl (C=O) groups is 1. The molecule has 0 unspecified atom stereocenters. The van der Waals surface area contributed by atoms with Crippen molar-refractivity contribution >= 4 is 22.9 Å². The minimum atomic E-state index is -0.538. The van der Waals surface area contributed by atoms with E-state index in [1.807, 2.05) is 0 Å². The largest absolute Gasteiger partial charge is 0.395 e. The molecule has 1 aromatic carbocycles. The Kier molecular flexibility index (Phi) is 4.88. The van der Waals surface area contributed by atoms with E-state index < -0.39 is 5.82 Å². The van der Waals surface area contributed by atoms with E-state index in [1.165, 1.54) is 23.5 Å². The number of thiophene rings is 1. The smallest absolute Gasteiger partial charge is 0.256 e. The highest BCUT2D eigenvalue weighted by Crippen LogP contribution is 2.17. The zero-order chi connectivity index (χ0) is 14.4. The summed E-state index contributed by atoms with van der Waals surface area (Å²) in [7, 11) is 0. The number of carbonyl (C=O) groups excluding carboxylic acids is 1. The van der Waals surface area contributed by atoms with E-state index in [4.69, 9.17) is 5.11 Å². The molecule has 1 aromatic heterocycles. The van der Waals surface area contributed by atoms with Crippen LogP contribution in [0.15, 0.2) is 35.0 Å². The number of hydrogen-bond acceptors (Lipinski definition) is 3. The first-order valence-corrected chi connectivity index (χ1v) is 6.88. The minimum absolute atomic E-state index is 0.0235. The fourth-order valence-electron chi connectivity index (χ4n) is 1.50. The van der Waals surface area contributed by atoms with Crippen molar-refractivity contribution in [1.29, 1.82) is 0 Å². The Balaban J connectivity index is 2.11. The van der Waals surface area contributed by atoms with Crippen LogP contribution in [0, 0.1) is 17.7 Å². The molecule has 2 rings (SSSR count). The molecule has 0 radical (unpaired) electrons. The van der Waals surface area contributed by atoms with Crippen molar-refractivity contribution in [2.24, 2.45) is 0 Å². The second kappa shape index (κ2) is 6.85.